The Kier molecular flexibility index (Phi) is 5.47. The van der Waals surface area contributed by atoms with Gasteiger partial charge >= 0.3 is 6.18 Å². The number of nitrogens with zero attached hydrogens (tertiary/aromatic N) is 2. The summed E-state index contributed by atoms with van der Waals surface area (Å²) in [7, 11) is 0. The van der Waals surface area contributed by atoms with Crippen LogP contribution < -0.4 is 0 Å². The lowest BCUT2D eigenvalue weighted by atomic mass is 9.83. The number of alkyl halides is 3. The molecule has 0 aliphatic carbocycles. The molecular formula is C21H23F3N2OS. The largest absolute Gasteiger partial charge is 0.416 e. The molecule has 28 heavy (non-hydrogen) atoms. The maximum atomic E-state index is 13.0. The van der Waals surface area contributed by atoms with Crippen molar-refractivity contribution in [3.8, 4) is 0 Å². The van der Waals surface area contributed by atoms with Crippen LogP contribution in [0.4, 0.5) is 13.2 Å². The fraction of sp³-hybridized carbons (Fsp3) is 0.476. The summed E-state index contributed by atoms with van der Waals surface area (Å²) < 4.78 is 39.0. The van der Waals surface area contributed by atoms with Gasteiger partial charge in [-0.15, -0.1) is 0 Å². The number of hydrogen-bond donors (Lipinski definition) is 0. The van der Waals surface area contributed by atoms with Gasteiger partial charge < -0.3 is 4.90 Å². The smallest absolute Gasteiger partial charge is 0.335 e. The van der Waals surface area contributed by atoms with Gasteiger partial charge in [0.2, 0.25) is 5.91 Å². The number of benzene rings is 1. The fourth-order valence-electron chi connectivity index (χ4n) is 4.46. The summed E-state index contributed by atoms with van der Waals surface area (Å²) in [6.07, 6.45) is -2.15. The first kappa shape index (κ1) is 19.5. The molecule has 2 aliphatic heterocycles. The Hall–Kier alpha value is -1.86. The molecule has 1 amide bonds. The van der Waals surface area contributed by atoms with Gasteiger partial charge in [0.15, 0.2) is 0 Å². The Bertz CT molecular complexity index is 821. The molecule has 4 rings (SSSR count). The number of carbonyl (C=O) groups is 1. The average molecular weight is 408 g/mol. The van der Waals surface area contributed by atoms with Crippen molar-refractivity contribution in [2.24, 2.45) is 5.92 Å². The molecule has 0 spiro atoms. The number of hydrogen-bond acceptors (Lipinski definition) is 3. The second-order valence-electron chi connectivity index (χ2n) is 7.74. The molecule has 2 atom stereocenters. The summed E-state index contributed by atoms with van der Waals surface area (Å²) in [6, 6.07) is 7.61. The Balaban J connectivity index is 1.45. The van der Waals surface area contributed by atoms with E-state index in [1.807, 2.05) is 4.90 Å². The third kappa shape index (κ3) is 4.25. The van der Waals surface area contributed by atoms with Crippen LogP contribution in [-0.2, 0) is 24.1 Å². The van der Waals surface area contributed by atoms with Crippen LogP contribution in [0.15, 0.2) is 41.1 Å². The summed E-state index contributed by atoms with van der Waals surface area (Å²) >= 11 is 1.70. The summed E-state index contributed by atoms with van der Waals surface area (Å²) in [5, 5.41) is 4.24. The SMILES string of the molecule is O=C1CC[C@@H]2CN(Cc3ccsc3)CC[C@@H]2N1Cc1cccc(C(F)(F)F)c1. The molecule has 7 heteroatoms. The number of fused-ring (bicyclic) bond motifs is 1. The maximum absolute atomic E-state index is 13.0. The highest BCUT2D eigenvalue weighted by Gasteiger charge is 2.39. The normalized spacial score (nSPS) is 23.7. The van der Waals surface area contributed by atoms with E-state index in [1.165, 1.54) is 17.7 Å². The molecule has 3 heterocycles. The van der Waals surface area contributed by atoms with Crippen LogP contribution in [-0.4, -0.2) is 34.8 Å². The molecule has 2 saturated heterocycles. The van der Waals surface area contributed by atoms with E-state index in [0.29, 0.717) is 17.9 Å². The summed E-state index contributed by atoms with van der Waals surface area (Å²) in [5.74, 6) is 0.445. The topological polar surface area (TPSA) is 23.6 Å². The molecule has 0 N–H and O–H groups in total. The van der Waals surface area contributed by atoms with Crippen molar-refractivity contribution in [1.82, 2.24) is 9.80 Å². The number of amides is 1. The van der Waals surface area contributed by atoms with E-state index in [-0.39, 0.29) is 18.5 Å². The van der Waals surface area contributed by atoms with Crippen LogP contribution in [0.25, 0.3) is 0 Å². The number of halogens is 3. The van der Waals surface area contributed by atoms with Crippen molar-refractivity contribution >= 4 is 17.2 Å². The molecule has 0 radical (unpaired) electrons. The molecule has 2 aliphatic rings. The predicted molar refractivity (Wildman–Crippen MR) is 103 cm³/mol. The van der Waals surface area contributed by atoms with Gasteiger partial charge in [-0.05, 0) is 58.8 Å². The lowest BCUT2D eigenvalue weighted by Crippen LogP contribution is -2.55. The van der Waals surface area contributed by atoms with Crippen molar-refractivity contribution in [3.63, 3.8) is 0 Å². The molecule has 2 fully saturated rings. The Labute approximate surface area is 166 Å². The Morgan fingerprint density at radius 3 is 2.71 bits per heavy atom. The van der Waals surface area contributed by atoms with E-state index in [4.69, 9.17) is 0 Å². The average Bonchev–Trinajstić information content (AvgIpc) is 3.17. The predicted octanol–water partition coefficient (Wildman–Crippen LogP) is 4.78. The van der Waals surface area contributed by atoms with Crippen LogP contribution in [0.5, 0.6) is 0 Å². The first-order valence-electron chi connectivity index (χ1n) is 9.59. The van der Waals surface area contributed by atoms with Crippen LogP contribution in [0.2, 0.25) is 0 Å². The second kappa shape index (κ2) is 7.87. The summed E-state index contributed by atoms with van der Waals surface area (Å²) in [6.45, 7) is 3.03. The molecule has 2 aromatic rings. The number of carbonyl (C=O) groups excluding carboxylic acids is 1. The quantitative estimate of drug-likeness (QED) is 0.727. The molecule has 1 aromatic carbocycles. The minimum atomic E-state index is -4.36. The van der Waals surface area contributed by atoms with Gasteiger partial charge in [0.05, 0.1) is 5.56 Å². The highest BCUT2D eigenvalue weighted by Crippen LogP contribution is 2.34. The van der Waals surface area contributed by atoms with Crippen molar-refractivity contribution in [2.45, 2.75) is 44.6 Å². The highest BCUT2D eigenvalue weighted by molar-refractivity contribution is 7.07. The zero-order chi connectivity index (χ0) is 19.7. The van der Waals surface area contributed by atoms with Gasteiger partial charge in [0.25, 0.3) is 0 Å². The standard InChI is InChI=1S/C21H23F3N2OS/c22-21(23,24)18-3-1-2-15(10-18)12-26-19-6-8-25(11-16-7-9-28-14-16)13-17(19)4-5-20(26)27/h1-3,7,9-10,14,17,19H,4-6,8,11-13H2/t17-,19+/m1/s1. The van der Waals surface area contributed by atoms with E-state index < -0.39 is 11.7 Å². The van der Waals surface area contributed by atoms with Crippen LogP contribution in [0.3, 0.4) is 0 Å². The van der Waals surface area contributed by atoms with E-state index in [1.54, 1.807) is 17.4 Å². The van der Waals surface area contributed by atoms with Crippen molar-refractivity contribution in [1.29, 1.82) is 0 Å². The van der Waals surface area contributed by atoms with Gasteiger partial charge in [-0.1, -0.05) is 12.1 Å². The third-order valence-electron chi connectivity index (χ3n) is 5.82. The van der Waals surface area contributed by atoms with Gasteiger partial charge in [-0.3, -0.25) is 9.69 Å². The molecule has 1 aromatic heterocycles. The number of piperidine rings is 2. The van der Waals surface area contributed by atoms with Crippen molar-refractivity contribution in [2.75, 3.05) is 13.1 Å². The van der Waals surface area contributed by atoms with E-state index >= 15 is 0 Å². The number of likely N-dealkylation sites (tertiary alicyclic amines) is 2. The lowest BCUT2D eigenvalue weighted by Gasteiger charge is -2.47. The van der Waals surface area contributed by atoms with Gasteiger partial charge in [0.1, 0.15) is 0 Å². The second-order valence-corrected chi connectivity index (χ2v) is 8.52. The Morgan fingerprint density at radius 1 is 1.11 bits per heavy atom. The monoisotopic (exact) mass is 408 g/mol. The zero-order valence-electron chi connectivity index (χ0n) is 15.5. The van der Waals surface area contributed by atoms with Gasteiger partial charge in [0, 0.05) is 38.6 Å². The van der Waals surface area contributed by atoms with Crippen LogP contribution in [0.1, 0.15) is 36.0 Å². The molecule has 0 unspecified atom stereocenters. The summed E-state index contributed by atoms with van der Waals surface area (Å²) in [4.78, 5) is 16.8. The van der Waals surface area contributed by atoms with Gasteiger partial charge in [-0.2, -0.15) is 24.5 Å². The van der Waals surface area contributed by atoms with Crippen LogP contribution in [0, 0.1) is 5.92 Å². The zero-order valence-corrected chi connectivity index (χ0v) is 16.3. The third-order valence-corrected chi connectivity index (χ3v) is 6.55. The first-order chi connectivity index (χ1) is 13.4. The van der Waals surface area contributed by atoms with Crippen molar-refractivity contribution in [3.05, 3.63) is 57.8 Å². The van der Waals surface area contributed by atoms with Gasteiger partial charge in [-0.25, -0.2) is 0 Å². The first-order valence-corrected chi connectivity index (χ1v) is 10.5. The minimum Gasteiger partial charge on any atom is -0.335 e. The molecular weight excluding hydrogens is 385 g/mol. The highest BCUT2D eigenvalue weighted by atomic mass is 32.1. The summed E-state index contributed by atoms with van der Waals surface area (Å²) in [5.41, 5.74) is 1.21. The molecule has 150 valence electrons. The molecule has 0 saturated carbocycles. The molecule has 3 nitrogen and oxygen atoms in total. The minimum absolute atomic E-state index is 0.0601. The van der Waals surface area contributed by atoms with Crippen molar-refractivity contribution < 1.29 is 18.0 Å². The lowest BCUT2D eigenvalue weighted by molar-refractivity contribution is -0.142. The number of thiophene rings is 1. The fourth-order valence-corrected chi connectivity index (χ4v) is 5.12. The number of rotatable bonds is 4. The van der Waals surface area contributed by atoms with E-state index in [9.17, 15) is 18.0 Å². The molecule has 0 bridgehead atoms. The van der Waals surface area contributed by atoms with E-state index in [2.05, 4.69) is 21.7 Å². The van der Waals surface area contributed by atoms with Crippen LogP contribution >= 0.6 is 11.3 Å². The van der Waals surface area contributed by atoms with E-state index in [0.717, 1.165) is 38.5 Å². The maximum Gasteiger partial charge on any atom is 0.416 e. The Morgan fingerprint density at radius 2 is 1.96 bits per heavy atom.